The highest BCUT2D eigenvalue weighted by Gasteiger charge is 2.18. The van der Waals surface area contributed by atoms with E-state index in [1.54, 1.807) is 19.3 Å². The van der Waals surface area contributed by atoms with Gasteiger partial charge < -0.3 is 9.47 Å². The molecular formula is C33H44N2O3. The molecule has 0 unspecified atom stereocenters. The summed E-state index contributed by atoms with van der Waals surface area (Å²) in [5, 5.41) is 0. The summed E-state index contributed by atoms with van der Waals surface area (Å²) in [6, 6.07) is 16.8. The highest BCUT2D eigenvalue weighted by molar-refractivity contribution is 5.83. The van der Waals surface area contributed by atoms with E-state index in [0.29, 0.717) is 18.2 Å². The zero-order valence-corrected chi connectivity index (χ0v) is 23.5. The fraction of sp³-hybridized carbons (Fsp3) is 0.485. The van der Waals surface area contributed by atoms with Gasteiger partial charge in [0.1, 0.15) is 0 Å². The summed E-state index contributed by atoms with van der Waals surface area (Å²) in [4.78, 5) is 21.8. The van der Waals surface area contributed by atoms with E-state index < -0.39 is 12.1 Å². The molecule has 0 aliphatic rings. The third-order valence-electron chi connectivity index (χ3n) is 6.80. The normalized spacial score (nSPS) is 11.9. The van der Waals surface area contributed by atoms with Crippen LogP contribution in [0.15, 0.2) is 60.9 Å². The number of hydrogen-bond acceptors (Lipinski definition) is 5. The van der Waals surface area contributed by atoms with Crippen molar-refractivity contribution in [2.24, 2.45) is 0 Å². The predicted molar refractivity (Wildman–Crippen MR) is 155 cm³/mol. The van der Waals surface area contributed by atoms with Crippen molar-refractivity contribution >= 4 is 5.97 Å². The van der Waals surface area contributed by atoms with Gasteiger partial charge in [-0.25, -0.2) is 14.8 Å². The molecule has 1 atom stereocenters. The number of carbonyl (C=O) groups is 1. The standard InChI is InChI=1S/C33H44N2O3/c1-4-6-8-10-11-13-20-28-21-17-22-30(27-18-14-12-15-19-27)31(28)32-34-24-29(25-35-32)38-33(36)26(3)37-23-16-9-7-5-2/h12,14-15,17-19,21-22,24-26H,4-11,13,16,20,23H2,1-3H3/t26-/m1/s1. The number of nitrogens with zero attached hydrogens (tertiary/aromatic N) is 2. The number of aromatic nitrogens is 2. The monoisotopic (exact) mass is 516 g/mol. The Balaban J connectivity index is 1.72. The molecule has 0 saturated carbocycles. The maximum Gasteiger partial charge on any atom is 0.340 e. The minimum absolute atomic E-state index is 0.329. The van der Waals surface area contributed by atoms with Gasteiger partial charge in [0.25, 0.3) is 0 Å². The Kier molecular flexibility index (Phi) is 13.0. The van der Waals surface area contributed by atoms with Crippen LogP contribution in [0.2, 0.25) is 0 Å². The largest absolute Gasteiger partial charge is 0.421 e. The summed E-state index contributed by atoms with van der Waals surface area (Å²) < 4.78 is 11.2. The van der Waals surface area contributed by atoms with Crippen molar-refractivity contribution < 1.29 is 14.3 Å². The number of unbranched alkanes of at least 4 members (excludes halogenated alkanes) is 8. The molecule has 38 heavy (non-hydrogen) atoms. The molecule has 5 nitrogen and oxygen atoms in total. The van der Waals surface area contributed by atoms with Gasteiger partial charge in [-0.05, 0) is 42.9 Å². The maximum absolute atomic E-state index is 12.5. The molecule has 3 aromatic rings. The van der Waals surface area contributed by atoms with Crippen molar-refractivity contribution in [1.82, 2.24) is 9.97 Å². The summed E-state index contributed by atoms with van der Waals surface area (Å²) in [6.07, 6.45) is 15.5. The first kappa shape index (κ1) is 29.5. The Labute approximate surface area is 229 Å². The topological polar surface area (TPSA) is 61.3 Å². The Hall–Kier alpha value is -3.05. The lowest BCUT2D eigenvalue weighted by molar-refractivity contribution is -0.146. The van der Waals surface area contributed by atoms with E-state index in [2.05, 4.69) is 66.3 Å². The van der Waals surface area contributed by atoms with Gasteiger partial charge in [0, 0.05) is 12.2 Å². The molecule has 0 aliphatic carbocycles. The minimum Gasteiger partial charge on any atom is -0.421 e. The molecule has 204 valence electrons. The van der Waals surface area contributed by atoms with E-state index in [1.807, 2.05) is 6.07 Å². The number of ether oxygens (including phenoxy) is 2. The van der Waals surface area contributed by atoms with Crippen LogP contribution in [0.25, 0.3) is 22.5 Å². The fourth-order valence-corrected chi connectivity index (χ4v) is 4.58. The number of aryl methyl sites for hydroxylation is 1. The molecule has 1 heterocycles. The number of rotatable bonds is 17. The highest BCUT2D eigenvalue weighted by atomic mass is 16.6. The highest BCUT2D eigenvalue weighted by Crippen LogP contribution is 2.34. The first-order valence-corrected chi connectivity index (χ1v) is 14.5. The zero-order valence-electron chi connectivity index (χ0n) is 23.5. The molecule has 0 aliphatic heterocycles. The molecule has 0 radical (unpaired) electrons. The van der Waals surface area contributed by atoms with Crippen molar-refractivity contribution in [3.8, 4) is 28.3 Å². The van der Waals surface area contributed by atoms with Gasteiger partial charge in [-0.15, -0.1) is 0 Å². The molecule has 2 aromatic carbocycles. The van der Waals surface area contributed by atoms with Crippen LogP contribution >= 0.6 is 0 Å². The van der Waals surface area contributed by atoms with E-state index in [9.17, 15) is 4.79 Å². The molecule has 0 N–H and O–H groups in total. The predicted octanol–water partition coefficient (Wildman–Crippen LogP) is 8.60. The first-order valence-electron chi connectivity index (χ1n) is 14.5. The quantitative estimate of drug-likeness (QED) is 0.133. The third-order valence-corrected chi connectivity index (χ3v) is 6.80. The van der Waals surface area contributed by atoms with E-state index in [4.69, 9.17) is 9.47 Å². The Morgan fingerprint density at radius 2 is 1.45 bits per heavy atom. The second-order valence-corrected chi connectivity index (χ2v) is 9.96. The Morgan fingerprint density at radius 3 is 2.16 bits per heavy atom. The summed E-state index contributed by atoms with van der Waals surface area (Å²) in [7, 11) is 0. The molecule has 0 saturated heterocycles. The molecule has 0 spiro atoms. The smallest absolute Gasteiger partial charge is 0.340 e. The molecule has 0 amide bonds. The number of carbonyl (C=O) groups excluding carboxylic acids is 1. The van der Waals surface area contributed by atoms with Crippen molar-refractivity contribution in [3.63, 3.8) is 0 Å². The van der Waals surface area contributed by atoms with E-state index in [-0.39, 0.29) is 0 Å². The van der Waals surface area contributed by atoms with Crippen LogP contribution < -0.4 is 4.74 Å². The molecule has 0 bridgehead atoms. The number of benzene rings is 2. The van der Waals surface area contributed by atoms with E-state index in [1.165, 1.54) is 50.5 Å². The molecule has 3 rings (SSSR count). The van der Waals surface area contributed by atoms with Gasteiger partial charge in [0.15, 0.2) is 17.7 Å². The number of hydrogen-bond donors (Lipinski definition) is 0. The van der Waals surface area contributed by atoms with Crippen LogP contribution in [0.4, 0.5) is 0 Å². The Bertz CT molecular complexity index is 1080. The summed E-state index contributed by atoms with van der Waals surface area (Å²) in [5.41, 5.74) is 4.55. The van der Waals surface area contributed by atoms with E-state index in [0.717, 1.165) is 42.4 Å². The van der Waals surface area contributed by atoms with Crippen LogP contribution in [0.1, 0.15) is 90.5 Å². The average molecular weight is 517 g/mol. The van der Waals surface area contributed by atoms with Crippen LogP contribution in [0.5, 0.6) is 5.75 Å². The van der Waals surface area contributed by atoms with Gasteiger partial charge >= 0.3 is 5.97 Å². The minimum atomic E-state index is -0.626. The van der Waals surface area contributed by atoms with E-state index >= 15 is 0 Å². The number of esters is 1. The van der Waals surface area contributed by atoms with Crippen molar-refractivity contribution in [2.75, 3.05) is 6.61 Å². The van der Waals surface area contributed by atoms with Crippen LogP contribution in [0, 0.1) is 0 Å². The lowest BCUT2D eigenvalue weighted by Crippen LogP contribution is -2.26. The summed E-state index contributed by atoms with van der Waals surface area (Å²) >= 11 is 0. The molecule has 0 fully saturated rings. The van der Waals surface area contributed by atoms with Crippen LogP contribution in [0.3, 0.4) is 0 Å². The molecule has 5 heteroatoms. The Morgan fingerprint density at radius 1 is 0.789 bits per heavy atom. The lowest BCUT2D eigenvalue weighted by atomic mass is 9.92. The SMILES string of the molecule is CCCCCCCCc1cccc(-c2ccccc2)c1-c1ncc(OC(=O)[C@@H](C)OCCCCCC)cn1. The third kappa shape index (κ3) is 9.36. The van der Waals surface area contributed by atoms with Crippen molar-refractivity contribution in [2.45, 2.75) is 97.5 Å². The van der Waals surface area contributed by atoms with Gasteiger partial charge in [0.2, 0.25) is 0 Å². The van der Waals surface area contributed by atoms with Gasteiger partial charge in [-0.2, -0.15) is 0 Å². The molecule has 1 aromatic heterocycles. The fourth-order valence-electron chi connectivity index (χ4n) is 4.58. The second-order valence-electron chi connectivity index (χ2n) is 9.96. The van der Waals surface area contributed by atoms with Crippen LogP contribution in [-0.2, 0) is 16.0 Å². The maximum atomic E-state index is 12.5. The zero-order chi connectivity index (χ0) is 27.0. The van der Waals surface area contributed by atoms with Crippen LogP contribution in [-0.4, -0.2) is 28.6 Å². The lowest BCUT2D eigenvalue weighted by Gasteiger charge is -2.15. The summed E-state index contributed by atoms with van der Waals surface area (Å²) in [6.45, 7) is 6.70. The van der Waals surface area contributed by atoms with Gasteiger partial charge in [-0.3, -0.25) is 0 Å². The van der Waals surface area contributed by atoms with Crippen molar-refractivity contribution in [3.05, 3.63) is 66.5 Å². The summed E-state index contributed by atoms with van der Waals surface area (Å²) in [5.74, 6) is 0.547. The second kappa shape index (κ2) is 16.7. The van der Waals surface area contributed by atoms with Gasteiger partial charge in [-0.1, -0.05) is 114 Å². The van der Waals surface area contributed by atoms with Gasteiger partial charge in [0.05, 0.1) is 12.4 Å². The molecular weight excluding hydrogens is 472 g/mol. The average Bonchev–Trinajstić information content (AvgIpc) is 2.95. The first-order chi connectivity index (χ1) is 18.6. The van der Waals surface area contributed by atoms with Crippen molar-refractivity contribution in [1.29, 1.82) is 0 Å².